The fraction of sp³-hybridized carbons (Fsp3) is 0.304. The Hall–Kier alpha value is -3.40. The number of piperazine rings is 1. The van der Waals surface area contributed by atoms with Gasteiger partial charge in [-0.1, -0.05) is 18.7 Å². The molecule has 10 heteroatoms. The maximum Gasteiger partial charge on any atom is 0.417 e. The number of H-pyrrole nitrogens is 1. The highest BCUT2D eigenvalue weighted by atomic mass is 19.4. The van der Waals surface area contributed by atoms with Crippen molar-refractivity contribution in [1.29, 1.82) is 0 Å². The highest BCUT2D eigenvalue weighted by Gasteiger charge is 2.36. The number of aromatic amines is 1. The molecule has 1 aromatic heterocycles. The lowest BCUT2D eigenvalue weighted by molar-refractivity contribution is -0.138. The van der Waals surface area contributed by atoms with Crippen LogP contribution < -0.4 is 21.1 Å². The molecule has 1 aliphatic heterocycles. The van der Waals surface area contributed by atoms with Crippen LogP contribution in [0, 0.1) is 5.82 Å². The molecule has 1 atom stereocenters. The fourth-order valence-corrected chi connectivity index (χ4v) is 3.76. The molecule has 0 unspecified atom stereocenters. The molecule has 3 N–H and O–H groups in total. The number of amides is 1. The number of halogens is 4. The van der Waals surface area contributed by atoms with Gasteiger partial charge in [-0.15, -0.1) is 0 Å². The van der Waals surface area contributed by atoms with Gasteiger partial charge in [0.1, 0.15) is 5.82 Å². The normalized spacial score (nSPS) is 17.1. The van der Waals surface area contributed by atoms with Crippen LogP contribution >= 0.6 is 0 Å². The zero-order valence-corrected chi connectivity index (χ0v) is 18.1. The number of allylic oxidation sites excluding steroid dienone is 3. The Kier molecular flexibility index (Phi) is 7.06. The quantitative estimate of drug-likeness (QED) is 0.459. The molecule has 176 valence electrons. The minimum atomic E-state index is -4.91. The van der Waals surface area contributed by atoms with E-state index in [1.54, 1.807) is 13.0 Å². The molecule has 1 saturated heterocycles. The van der Waals surface area contributed by atoms with Crippen LogP contribution in [0.25, 0.3) is 5.57 Å². The minimum absolute atomic E-state index is 0.0837. The topological polar surface area (TPSA) is 77.2 Å². The van der Waals surface area contributed by atoms with Crippen LogP contribution in [0.3, 0.4) is 0 Å². The number of rotatable bonds is 5. The molecule has 1 aliphatic rings. The van der Waals surface area contributed by atoms with Crippen LogP contribution in [-0.4, -0.2) is 36.6 Å². The predicted octanol–water partition coefficient (Wildman–Crippen LogP) is 4.17. The Morgan fingerprint density at radius 2 is 2.00 bits per heavy atom. The molecule has 0 saturated carbocycles. The second kappa shape index (κ2) is 9.62. The fourth-order valence-electron chi connectivity index (χ4n) is 3.76. The average Bonchev–Trinajstić information content (AvgIpc) is 2.75. The van der Waals surface area contributed by atoms with Gasteiger partial charge in [0.15, 0.2) is 0 Å². The van der Waals surface area contributed by atoms with E-state index in [2.05, 4.69) is 22.2 Å². The summed E-state index contributed by atoms with van der Waals surface area (Å²) in [6, 6.07) is 3.05. The number of aromatic nitrogens is 1. The Bertz CT molecular complexity index is 1150. The van der Waals surface area contributed by atoms with Crippen LogP contribution in [0.5, 0.6) is 0 Å². The minimum Gasteiger partial charge on any atom is -0.367 e. The van der Waals surface area contributed by atoms with Crippen molar-refractivity contribution in [2.24, 2.45) is 0 Å². The van der Waals surface area contributed by atoms with Gasteiger partial charge in [-0.3, -0.25) is 9.59 Å². The maximum absolute atomic E-state index is 15.0. The van der Waals surface area contributed by atoms with Gasteiger partial charge < -0.3 is 20.5 Å². The molecule has 6 nitrogen and oxygen atoms in total. The van der Waals surface area contributed by atoms with Crippen LogP contribution in [0.1, 0.15) is 35.3 Å². The summed E-state index contributed by atoms with van der Waals surface area (Å²) in [7, 11) is 0. The van der Waals surface area contributed by atoms with E-state index in [9.17, 15) is 27.2 Å². The molecule has 1 amide bonds. The highest BCUT2D eigenvalue weighted by molar-refractivity contribution is 6.07. The number of anilines is 2. The van der Waals surface area contributed by atoms with Gasteiger partial charge in [-0.25, -0.2) is 4.39 Å². The van der Waals surface area contributed by atoms with Crippen molar-refractivity contribution in [1.82, 2.24) is 10.3 Å². The van der Waals surface area contributed by atoms with E-state index in [0.717, 1.165) is 6.20 Å². The average molecular weight is 464 g/mol. The van der Waals surface area contributed by atoms with Crippen molar-refractivity contribution in [2.45, 2.75) is 26.1 Å². The van der Waals surface area contributed by atoms with Crippen LogP contribution in [0.2, 0.25) is 0 Å². The number of hydrogen-bond donors (Lipinski definition) is 3. The molecular weight excluding hydrogens is 440 g/mol. The molecule has 33 heavy (non-hydrogen) atoms. The number of nitrogens with zero attached hydrogens (tertiary/aromatic N) is 1. The Labute approximate surface area is 188 Å². The van der Waals surface area contributed by atoms with E-state index in [1.807, 2.05) is 11.8 Å². The summed E-state index contributed by atoms with van der Waals surface area (Å²) >= 11 is 0. The third-order valence-electron chi connectivity index (χ3n) is 5.36. The van der Waals surface area contributed by atoms with E-state index in [0.29, 0.717) is 37.0 Å². The third-order valence-corrected chi connectivity index (χ3v) is 5.36. The van der Waals surface area contributed by atoms with Crippen molar-refractivity contribution < 1.29 is 22.4 Å². The first-order chi connectivity index (χ1) is 15.5. The number of hydrogen-bond acceptors (Lipinski definition) is 4. The standard InChI is InChI=1S/C23H24F4N4O2/c1-4-14(5-2)15-8-19(20(10-18(15)24)31-7-6-28-13(3)12-31)30-22(33)16-11-29-21(32)9-17(16)23(25,26)27/h4-5,8-11,13,28H,1,6-7,12H2,2-3H3,(H,29,32)(H,30,33)/b14-5+/t13-/m1/s1. The molecular formula is C23H24F4N4O2. The largest absolute Gasteiger partial charge is 0.417 e. The summed E-state index contributed by atoms with van der Waals surface area (Å²) in [5, 5.41) is 5.75. The first-order valence-electron chi connectivity index (χ1n) is 10.3. The molecule has 1 fully saturated rings. The van der Waals surface area contributed by atoms with Gasteiger partial charge >= 0.3 is 6.18 Å². The number of benzene rings is 1. The smallest absolute Gasteiger partial charge is 0.367 e. The van der Waals surface area contributed by atoms with Crippen molar-refractivity contribution in [3.05, 3.63) is 76.0 Å². The van der Waals surface area contributed by atoms with E-state index in [1.165, 1.54) is 18.2 Å². The lowest BCUT2D eigenvalue weighted by atomic mass is 10.0. The van der Waals surface area contributed by atoms with Crippen molar-refractivity contribution in [3.63, 3.8) is 0 Å². The Morgan fingerprint density at radius 1 is 1.27 bits per heavy atom. The van der Waals surface area contributed by atoms with Gasteiger partial charge in [0.05, 0.1) is 22.5 Å². The number of pyridine rings is 1. The first kappa shape index (κ1) is 24.2. The summed E-state index contributed by atoms with van der Waals surface area (Å²) in [5.74, 6) is -1.64. The summed E-state index contributed by atoms with van der Waals surface area (Å²) in [5.41, 5.74) is -2.00. The summed E-state index contributed by atoms with van der Waals surface area (Å²) in [4.78, 5) is 28.3. The molecule has 3 rings (SSSR count). The number of alkyl halides is 3. The van der Waals surface area contributed by atoms with Gasteiger partial charge in [-0.05, 0) is 31.6 Å². The molecule has 0 aliphatic carbocycles. The zero-order chi connectivity index (χ0) is 24.3. The van der Waals surface area contributed by atoms with Crippen LogP contribution in [0.4, 0.5) is 28.9 Å². The third kappa shape index (κ3) is 5.33. The number of carbonyl (C=O) groups is 1. The van der Waals surface area contributed by atoms with Gasteiger partial charge in [0.2, 0.25) is 5.56 Å². The SMILES string of the molecule is C=C/C(=C\C)c1cc(NC(=O)c2c[nH]c(=O)cc2C(F)(F)F)c(N2CCN[C@H](C)C2)cc1F. The zero-order valence-electron chi connectivity index (χ0n) is 18.1. The molecule has 0 bridgehead atoms. The second-order valence-corrected chi connectivity index (χ2v) is 7.68. The Morgan fingerprint density at radius 3 is 2.61 bits per heavy atom. The van der Waals surface area contributed by atoms with Crippen LogP contribution in [0.15, 0.2) is 47.9 Å². The Balaban J connectivity index is 2.11. The monoisotopic (exact) mass is 464 g/mol. The number of carbonyl (C=O) groups excluding carboxylic acids is 1. The summed E-state index contributed by atoms with van der Waals surface area (Å²) in [6.07, 6.45) is -1.11. The van der Waals surface area contributed by atoms with Crippen molar-refractivity contribution in [3.8, 4) is 0 Å². The number of nitrogens with one attached hydrogen (secondary N) is 3. The first-order valence-corrected chi connectivity index (χ1v) is 10.3. The van der Waals surface area contributed by atoms with Gasteiger partial charge in [-0.2, -0.15) is 13.2 Å². The molecule has 2 aromatic rings. The van der Waals surface area contributed by atoms with Gasteiger partial charge in [0.25, 0.3) is 5.91 Å². The molecule has 0 spiro atoms. The summed E-state index contributed by atoms with van der Waals surface area (Å²) in [6.45, 7) is 8.92. The van der Waals surface area contributed by atoms with E-state index >= 15 is 0 Å². The van der Waals surface area contributed by atoms with E-state index < -0.39 is 34.6 Å². The lowest BCUT2D eigenvalue weighted by Gasteiger charge is -2.35. The highest BCUT2D eigenvalue weighted by Crippen LogP contribution is 2.35. The molecule has 1 aromatic carbocycles. The molecule has 2 heterocycles. The van der Waals surface area contributed by atoms with Crippen LogP contribution in [-0.2, 0) is 6.18 Å². The van der Waals surface area contributed by atoms with Crippen molar-refractivity contribution >= 4 is 22.9 Å². The second-order valence-electron chi connectivity index (χ2n) is 7.68. The van der Waals surface area contributed by atoms with E-state index in [4.69, 9.17) is 0 Å². The van der Waals surface area contributed by atoms with Crippen molar-refractivity contribution in [2.75, 3.05) is 29.9 Å². The predicted molar refractivity (Wildman–Crippen MR) is 120 cm³/mol. The lowest BCUT2D eigenvalue weighted by Crippen LogP contribution is -2.49. The molecule has 0 radical (unpaired) electrons. The maximum atomic E-state index is 15.0. The summed E-state index contributed by atoms with van der Waals surface area (Å²) < 4.78 is 55.3. The van der Waals surface area contributed by atoms with Gasteiger partial charge in [0, 0.05) is 43.5 Å². The van der Waals surface area contributed by atoms with E-state index in [-0.39, 0.29) is 17.3 Å².